The quantitative estimate of drug-likeness (QED) is 0.839. The van der Waals surface area contributed by atoms with Crippen LogP contribution in [0, 0.1) is 0 Å². The molecule has 4 nitrogen and oxygen atoms in total. The Hall–Kier alpha value is -1.94. The molecule has 0 aliphatic heterocycles. The van der Waals surface area contributed by atoms with Gasteiger partial charge in [0.05, 0.1) is 5.52 Å². The highest BCUT2D eigenvalue weighted by Gasteiger charge is 2.28. The number of rotatable bonds is 3. The van der Waals surface area contributed by atoms with E-state index in [1.54, 1.807) is 6.20 Å². The SMILES string of the molecule is C[C@](N)(Cc1cccc2ncccc12)C(=O)O. The summed E-state index contributed by atoms with van der Waals surface area (Å²) in [6.07, 6.45) is 2.00. The van der Waals surface area contributed by atoms with E-state index >= 15 is 0 Å². The van der Waals surface area contributed by atoms with Crippen molar-refractivity contribution in [1.82, 2.24) is 4.98 Å². The molecule has 1 heterocycles. The number of pyridine rings is 1. The van der Waals surface area contributed by atoms with Gasteiger partial charge >= 0.3 is 5.97 Å². The minimum Gasteiger partial charge on any atom is -0.480 e. The summed E-state index contributed by atoms with van der Waals surface area (Å²) in [5.41, 5.74) is 6.26. The molecular weight excluding hydrogens is 216 g/mol. The van der Waals surface area contributed by atoms with Crippen LogP contribution in [0.15, 0.2) is 36.5 Å². The summed E-state index contributed by atoms with van der Waals surface area (Å²) in [4.78, 5) is 15.2. The Kier molecular flexibility index (Phi) is 2.81. The van der Waals surface area contributed by atoms with Gasteiger partial charge in [-0.15, -0.1) is 0 Å². The van der Waals surface area contributed by atoms with E-state index in [1.807, 2.05) is 30.3 Å². The third-order valence-electron chi connectivity index (χ3n) is 2.78. The van der Waals surface area contributed by atoms with Gasteiger partial charge in [0.2, 0.25) is 0 Å². The normalized spacial score (nSPS) is 14.5. The summed E-state index contributed by atoms with van der Waals surface area (Å²) >= 11 is 0. The largest absolute Gasteiger partial charge is 0.480 e. The van der Waals surface area contributed by atoms with Gasteiger partial charge in [-0.3, -0.25) is 9.78 Å². The van der Waals surface area contributed by atoms with Gasteiger partial charge in [0.25, 0.3) is 0 Å². The summed E-state index contributed by atoms with van der Waals surface area (Å²) in [6.45, 7) is 1.52. The van der Waals surface area contributed by atoms with Crippen molar-refractivity contribution in [1.29, 1.82) is 0 Å². The van der Waals surface area contributed by atoms with Gasteiger partial charge in [-0.05, 0) is 24.6 Å². The topological polar surface area (TPSA) is 76.2 Å². The van der Waals surface area contributed by atoms with E-state index in [-0.39, 0.29) is 6.42 Å². The van der Waals surface area contributed by atoms with E-state index in [4.69, 9.17) is 10.8 Å². The average molecular weight is 230 g/mol. The molecule has 17 heavy (non-hydrogen) atoms. The highest BCUT2D eigenvalue weighted by molar-refractivity contribution is 5.84. The molecule has 0 radical (unpaired) electrons. The smallest absolute Gasteiger partial charge is 0.323 e. The fourth-order valence-electron chi connectivity index (χ4n) is 1.79. The Bertz CT molecular complexity index is 559. The van der Waals surface area contributed by atoms with Crippen LogP contribution in [-0.2, 0) is 11.2 Å². The van der Waals surface area contributed by atoms with Gasteiger partial charge in [0, 0.05) is 18.0 Å². The van der Waals surface area contributed by atoms with Crippen LogP contribution in [0.3, 0.4) is 0 Å². The second-order valence-electron chi connectivity index (χ2n) is 4.39. The zero-order valence-corrected chi connectivity index (χ0v) is 9.55. The Morgan fingerprint density at radius 2 is 2.18 bits per heavy atom. The molecule has 0 aliphatic carbocycles. The number of hydrogen-bond acceptors (Lipinski definition) is 3. The zero-order chi connectivity index (χ0) is 12.5. The van der Waals surface area contributed by atoms with Crippen LogP contribution in [0.25, 0.3) is 10.9 Å². The van der Waals surface area contributed by atoms with Crippen molar-refractivity contribution in [2.24, 2.45) is 5.73 Å². The number of fused-ring (bicyclic) bond motifs is 1. The molecule has 88 valence electrons. The first-order valence-electron chi connectivity index (χ1n) is 5.35. The average Bonchev–Trinajstić information content (AvgIpc) is 2.29. The first-order chi connectivity index (χ1) is 8.00. The molecule has 4 heteroatoms. The number of carbonyl (C=O) groups is 1. The lowest BCUT2D eigenvalue weighted by Gasteiger charge is -2.19. The summed E-state index contributed by atoms with van der Waals surface area (Å²) in [6, 6.07) is 9.41. The van der Waals surface area contributed by atoms with E-state index < -0.39 is 11.5 Å². The molecule has 2 rings (SSSR count). The lowest BCUT2D eigenvalue weighted by Crippen LogP contribution is -2.46. The number of carboxylic acid groups (broad SMARTS) is 1. The highest BCUT2D eigenvalue weighted by atomic mass is 16.4. The van der Waals surface area contributed by atoms with Crippen LogP contribution in [0.5, 0.6) is 0 Å². The second-order valence-corrected chi connectivity index (χ2v) is 4.39. The summed E-state index contributed by atoms with van der Waals surface area (Å²) in [5.74, 6) is -1.00. The molecular formula is C13H14N2O2. The van der Waals surface area contributed by atoms with E-state index in [1.165, 1.54) is 6.92 Å². The van der Waals surface area contributed by atoms with Crippen molar-refractivity contribution < 1.29 is 9.90 Å². The van der Waals surface area contributed by atoms with Crippen LogP contribution in [0.4, 0.5) is 0 Å². The van der Waals surface area contributed by atoms with Crippen molar-refractivity contribution in [2.75, 3.05) is 0 Å². The van der Waals surface area contributed by atoms with Gasteiger partial charge in [0.15, 0.2) is 0 Å². The zero-order valence-electron chi connectivity index (χ0n) is 9.55. The molecule has 0 bridgehead atoms. The number of hydrogen-bond donors (Lipinski definition) is 2. The monoisotopic (exact) mass is 230 g/mol. The molecule has 3 N–H and O–H groups in total. The maximum atomic E-state index is 11.0. The third kappa shape index (κ3) is 2.26. The number of aliphatic carboxylic acids is 1. The number of nitrogens with two attached hydrogens (primary N) is 1. The number of aromatic nitrogens is 1. The molecule has 0 saturated carbocycles. The fourth-order valence-corrected chi connectivity index (χ4v) is 1.79. The lowest BCUT2D eigenvalue weighted by molar-refractivity contribution is -0.142. The molecule has 0 saturated heterocycles. The van der Waals surface area contributed by atoms with Gasteiger partial charge in [-0.1, -0.05) is 18.2 Å². The van der Waals surface area contributed by atoms with Crippen molar-refractivity contribution in [2.45, 2.75) is 18.9 Å². The van der Waals surface area contributed by atoms with E-state index in [0.717, 1.165) is 16.5 Å². The predicted molar refractivity (Wildman–Crippen MR) is 65.7 cm³/mol. The lowest BCUT2D eigenvalue weighted by atomic mass is 9.92. The van der Waals surface area contributed by atoms with Crippen LogP contribution in [0.1, 0.15) is 12.5 Å². The summed E-state index contributed by atoms with van der Waals surface area (Å²) < 4.78 is 0. The Morgan fingerprint density at radius 3 is 2.88 bits per heavy atom. The van der Waals surface area contributed by atoms with Crippen molar-refractivity contribution in [3.63, 3.8) is 0 Å². The second kappa shape index (κ2) is 4.14. The van der Waals surface area contributed by atoms with Crippen molar-refractivity contribution in [3.8, 4) is 0 Å². The van der Waals surface area contributed by atoms with Gasteiger partial charge in [-0.25, -0.2) is 0 Å². The summed E-state index contributed by atoms with van der Waals surface area (Å²) in [5, 5.41) is 9.99. The number of benzene rings is 1. The van der Waals surface area contributed by atoms with Crippen LogP contribution < -0.4 is 5.73 Å². The number of carboxylic acids is 1. The minimum atomic E-state index is -1.26. The minimum absolute atomic E-state index is 0.283. The molecule has 0 aliphatic rings. The molecule has 0 amide bonds. The van der Waals surface area contributed by atoms with E-state index in [9.17, 15) is 4.79 Å². The third-order valence-corrected chi connectivity index (χ3v) is 2.78. The predicted octanol–water partition coefficient (Wildman–Crippen LogP) is 1.58. The standard InChI is InChI=1S/C13H14N2O2/c1-13(14,12(16)17)8-9-4-2-6-11-10(9)5-3-7-15-11/h2-7H,8,14H2,1H3,(H,16,17)/t13-/m0/s1. The van der Waals surface area contributed by atoms with E-state index in [0.29, 0.717) is 0 Å². The Labute approximate surface area is 99.1 Å². The van der Waals surface area contributed by atoms with Crippen molar-refractivity contribution in [3.05, 3.63) is 42.1 Å². The molecule has 2 aromatic rings. The van der Waals surface area contributed by atoms with Crippen LogP contribution in [-0.4, -0.2) is 21.6 Å². The van der Waals surface area contributed by atoms with Gasteiger partial charge < -0.3 is 10.8 Å². The first kappa shape index (κ1) is 11.5. The molecule has 1 aromatic heterocycles. The molecule has 0 spiro atoms. The van der Waals surface area contributed by atoms with Crippen LogP contribution in [0.2, 0.25) is 0 Å². The summed E-state index contributed by atoms with van der Waals surface area (Å²) in [7, 11) is 0. The molecule has 0 unspecified atom stereocenters. The Balaban J connectivity index is 2.46. The van der Waals surface area contributed by atoms with Gasteiger partial charge in [-0.2, -0.15) is 0 Å². The maximum Gasteiger partial charge on any atom is 0.323 e. The van der Waals surface area contributed by atoms with Gasteiger partial charge in [0.1, 0.15) is 5.54 Å². The van der Waals surface area contributed by atoms with Crippen LogP contribution >= 0.6 is 0 Å². The van der Waals surface area contributed by atoms with E-state index in [2.05, 4.69) is 4.98 Å². The fraction of sp³-hybridized carbons (Fsp3) is 0.231. The first-order valence-corrected chi connectivity index (χ1v) is 5.35. The molecule has 1 atom stereocenters. The molecule has 1 aromatic carbocycles. The maximum absolute atomic E-state index is 11.0. The highest BCUT2D eigenvalue weighted by Crippen LogP contribution is 2.20. The van der Waals surface area contributed by atoms with Crippen molar-refractivity contribution >= 4 is 16.9 Å². The number of nitrogens with zero attached hydrogens (tertiary/aromatic N) is 1. The molecule has 0 fully saturated rings. The Morgan fingerprint density at radius 1 is 1.41 bits per heavy atom.